The first-order valence-corrected chi connectivity index (χ1v) is 5.75. The standard InChI is InChI=1S/C11H14BrNS/c1-7(11(13)14)6-9-4-3-5-10(12)8(9)2/h3-5,7H,6H2,1-2H3,(H2,13,14). The second-order valence-corrected chi connectivity index (χ2v) is 4.86. The van der Waals surface area contributed by atoms with Gasteiger partial charge in [0.25, 0.3) is 0 Å². The van der Waals surface area contributed by atoms with Crippen LogP contribution in [-0.4, -0.2) is 4.99 Å². The van der Waals surface area contributed by atoms with Crippen molar-refractivity contribution in [2.24, 2.45) is 11.7 Å². The number of hydrogen-bond acceptors (Lipinski definition) is 1. The van der Waals surface area contributed by atoms with Gasteiger partial charge in [-0.2, -0.15) is 0 Å². The molecule has 3 heteroatoms. The maximum absolute atomic E-state index is 5.59. The summed E-state index contributed by atoms with van der Waals surface area (Å²) < 4.78 is 1.14. The molecule has 0 saturated carbocycles. The largest absolute Gasteiger partial charge is 0.393 e. The fraction of sp³-hybridized carbons (Fsp3) is 0.364. The van der Waals surface area contributed by atoms with Crippen LogP contribution in [0.1, 0.15) is 18.1 Å². The molecular weight excluding hydrogens is 258 g/mol. The van der Waals surface area contributed by atoms with Crippen molar-refractivity contribution in [3.63, 3.8) is 0 Å². The Balaban J connectivity index is 2.87. The van der Waals surface area contributed by atoms with E-state index >= 15 is 0 Å². The minimum absolute atomic E-state index is 0.262. The van der Waals surface area contributed by atoms with Crippen LogP contribution in [0.15, 0.2) is 22.7 Å². The Morgan fingerprint density at radius 1 is 1.57 bits per heavy atom. The lowest BCUT2D eigenvalue weighted by Crippen LogP contribution is -2.20. The molecule has 0 aliphatic heterocycles. The maximum atomic E-state index is 5.59. The zero-order valence-corrected chi connectivity index (χ0v) is 10.8. The van der Waals surface area contributed by atoms with E-state index in [4.69, 9.17) is 18.0 Å². The molecule has 0 aliphatic carbocycles. The molecule has 0 aliphatic rings. The van der Waals surface area contributed by atoms with Gasteiger partial charge in [-0.25, -0.2) is 0 Å². The summed E-state index contributed by atoms with van der Waals surface area (Å²) in [7, 11) is 0. The van der Waals surface area contributed by atoms with Crippen LogP contribution in [0.2, 0.25) is 0 Å². The van der Waals surface area contributed by atoms with Crippen molar-refractivity contribution in [1.82, 2.24) is 0 Å². The van der Waals surface area contributed by atoms with Crippen LogP contribution in [0.5, 0.6) is 0 Å². The number of benzene rings is 1. The predicted octanol–water partition coefficient (Wildman–Crippen LogP) is 3.22. The fourth-order valence-electron chi connectivity index (χ4n) is 1.30. The van der Waals surface area contributed by atoms with Crippen LogP contribution in [0.4, 0.5) is 0 Å². The number of hydrogen-bond donors (Lipinski definition) is 1. The first-order valence-electron chi connectivity index (χ1n) is 4.55. The van der Waals surface area contributed by atoms with Gasteiger partial charge in [0.2, 0.25) is 0 Å². The van der Waals surface area contributed by atoms with Gasteiger partial charge in [0.1, 0.15) is 0 Å². The van der Waals surface area contributed by atoms with Gasteiger partial charge >= 0.3 is 0 Å². The minimum atomic E-state index is 0.262. The van der Waals surface area contributed by atoms with Gasteiger partial charge in [0.05, 0.1) is 4.99 Å². The van der Waals surface area contributed by atoms with E-state index in [0.717, 1.165) is 10.9 Å². The summed E-state index contributed by atoms with van der Waals surface area (Å²) >= 11 is 8.47. The van der Waals surface area contributed by atoms with Crippen LogP contribution in [-0.2, 0) is 6.42 Å². The van der Waals surface area contributed by atoms with Crippen molar-refractivity contribution in [2.45, 2.75) is 20.3 Å². The van der Waals surface area contributed by atoms with Crippen LogP contribution < -0.4 is 5.73 Å². The lowest BCUT2D eigenvalue weighted by Gasteiger charge is -2.12. The van der Waals surface area contributed by atoms with Crippen LogP contribution in [0.25, 0.3) is 0 Å². The van der Waals surface area contributed by atoms with Crippen molar-refractivity contribution in [2.75, 3.05) is 0 Å². The number of rotatable bonds is 3. The van der Waals surface area contributed by atoms with E-state index in [1.165, 1.54) is 11.1 Å². The summed E-state index contributed by atoms with van der Waals surface area (Å²) in [5, 5.41) is 0. The lowest BCUT2D eigenvalue weighted by molar-refractivity contribution is 0.766. The summed E-state index contributed by atoms with van der Waals surface area (Å²) in [6.45, 7) is 4.16. The summed E-state index contributed by atoms with van der Waals surface area (Å²) in [4.78, 5) is 0.587. The number of thiocarbonyl (C=S) groups is 1. The Bertz CT molecular complexity index is 349. The molecule has 14 heavy (non-hydrogen) atoms. The Kier molecular flexibility index (Phi) is 4.08. The van der Waals surface area contributed by atoms with Gasteiger partial charge in [0, 0.05) is 10.4 Å². The highest BCUT2D eigenvalue weighted by atomic mass is 79.9. The molecule has 1 atom stereocenters. The second kappa shape index (κ2) is 4.89. The summed E-state index contributed by atoms with van der Waals surface area (Å²) in [5.74, 6) is 0.262. The van der Waals surface area contributed by atoms with Gasteiger partial charge in [-0.3, -0.25) is 0 Å². The number of halogens is 1. The SMILES string of the molecule is Cc1c(Br)cccc1CC(C)C(N)=S. The van der Waals surface area contributed by atoms with E-state index in [1.54, 1.807) is 0 Å². The second-order valence-electron chi connectivity index (χ2n) is 3.53. The number of nitrogens with two attached hydrogens (primary N) is 1. The first-order chi connectivity index (χ1) is 6.52. The monoisotopic (exact) mass is 271 g/mol. The maximum Gasteiger partial charge on any atom is 0.0759 e. The Labute approximate surface area is 98.8 Å². The van der Waals surface area contributed by atoms with Crippen molar-refractivity contribution in [1.29, 1.82) is 0 Å². The molecule has 0 amide bonds. The molecule has 2 N–H and O–H groups in total. The molecule has 76 valence electrons. The van der Waals surface area contributed by atoms with Crippen molar-refractivity contribution < 1.29 is 0 Å². The third-order valence-electron chi connectivity index (χ3n) is 2.39. The van der Waals surface area contributed by atoms with E-state index < -0.39 is 0 Å². The zero-order chi connectivity index (χ0) is 10.7. The van der Waals surface area contributed by atoms with Crippen molar-refractivity contribution in [3.05, 3.63) is 33.8 Å². The average molecular weight is 272 g/mol. The quantitative estimate of drug-likeness (QED) is 0.855. The zero-order valence-electron chi connectivity index (χ0n) is 8.38. The molecule has 1 aromatic carbocycles. The summed E-state index contributed by atoms with van der Waals surface area (Å²) in [5.41, 5.74) is 8.17. The van der Waals surface area contributed by atoms with Gasteiger partial charge in [-0.1, -0.05) is 47.2 Å². The third kappa shape index (κ3) is 2.79. The normalized spacial score (nSPS) is 12.5. The van der Waals surface area contributed by atoms with E-state index in [2.05, 4.69) is 35.8 Å². The Hall–Kier alpha value is -0.410. The summed E-state index contributed by atoms with van der Waals surface area (Å²) in [6.07, 6.45) is 0.917. The molecule has 0 aromatic heterocycles. The first kappa shape index (κ1) is 11.7. The molecule has 0 bridgehead atoms. The van der Waals surface area contributed by atoms with Gasteiger partial charge in [-0.15, -0.1) is 0 Å². The van der Waals surface area contributed by atoms with E-state index in [9.17, 15) is 0 Å². The van der Waals surface area contributed by atoms with Gasteiger partial charge in [-0.05, 0) is 30.5 Å². The highest BCUT2D eigenvalue weighted by Gasteiger charge is 2.09. The molecule has 1 rings (SSSR count). The fourth-order valence-corrected chi connectivity index (χ4v) is 1.79. The van der Waals surface area contributed by atoms with E-state index in [-0.39, 0.29) is 5.92 Å². The van der Waals surface area contributed by atoms with E-state index in [1.807, 2.05) is 12.1 Å². The Morgan fingerprint density at radius 3 is 2.79 bits per heavy atom. The van der Waals surface area contributed by atoms with Gasteiger partial charge in [0.15, 0.2) is 0 Å². The molecule has 1 aromatic rings. The molecule has 0 spiro atoms. The lowest BCUT2D eigenvalue weighted by atomic mass is 9.98. The highest BCUT2D eigenvalue weighted by molar-refractivity contribution is 9.10. The molecular formula is C11H14BrNS. The third-order valence-corrected chi connectivity index (χ3v) is 3.65. The summed E-state index contributed by atoms with van der Waals surface area (Å²) in [6, 6.07) is 6.21. The van der Waals surface area contributed by atoms with Crippen LogP contribution >= 0.6 is 28.1 Å². The minimum Gasteiger partial charge on any atom is -0.393 e. The van der Waals surface area contributed by atoms with Crippen molar-refractivity contribution in [3.8, 4) is 0 Å². The topological polar surface area (TPSA) is 26.0 Å². The molecule has 0 fully saturated rings. The molecule has 0 saturated heterocycles. The smallest absolute Gasteiger partial charge is 0.0759 e. The van der Waals surface area contributed by atoms with Crippen molar-refractivity contribution >= 4 is 33.1 Å². The van der Waals surface area contributed by atoms with Crippen LogP contribution in [0.3, 0.4) is 0 Å². The average Bonchev–Trinajstić information content (AvgIpc) is 2.12. The van der Waals surface area contributed by atoms with Crippen LogP contribution in [0, 0.1) is 12.8 Å². The molecule has 0 radical (unpaired) electrons. The predicted molar refractivity (Wildman–Crippen MR) is 68.5 cm³/mol. The van der Waals surface area contributed by atoms with E-state index in [0.29, 0.717) is 4.99 Å². The molecule has 0 heterocycles. The van der Waals surface area contributed by atoms with Gasteiger partial charge < -0.3 is 5.73 Å². The molecule has 1 unspecified atom stereocenters. The Morgan fingerprint density at radius 2 is 2.21 bits per heavy atom. The highest BCUT2D eigenvalue weighted by Crippen LogP contribution is 2.21. The molecule has 1 nitrogen and oxygen atoms in total.